The molecule has 2 nitrogen and oxygen atoms in total. The van der Waals surface area contributed by atoms with Crippen LogP contribution in [-0.4, -0.2) is 11.7 Å². The molecule has 0 radical (unpaired) electrons. The minimum absolute atomic E-state index is 0.0349. The minimum Gasteiger partial charge on any atom is -0.359 e. The number of nitrogens with one attached hydrogen (secondary N) is 1. The summed E-state index contributed by atoms with van der Waals surface area (Å²) >= 11 is 5.48. The zero-order valence-corrected chi connectivity index (χ0v) is 8.40. The highest BCUT2D eigenvalue weighted by Crippen LogP contribution is 2.27. The third kappa shape index (κ3) is 1.53. The van der Waals surface area contributed by atoms with Crippen molar-refractivity contribution in [3.8, 4) is 0 Å². The van der Waals surface area contributed by atoms with Crippen molar-refractivity contribution in [3.05, 3.63) is 41.6 Å². The van der Waals surface area contributed by atoms with Crippen LogP contribution in [0.4, 0.5) is 5.69 Å². The lowest BCUT2D eigenvalue weighted by atomic mass is 10.1. The summed E-state index contributed by atoms with van der Waals surface area (Å²) in [7, 11) is 0. The van der Waals surface area contributed by atoms with E-state index in [2.05, 4.69) is 11.9 Å². The van der Waals surface area contributed by atoms with Gasteiger partial charge in [-0.3, -0.25) is 4.79 Å². The molecule has 3 heteroatoms. The first-order chi connectivity index (χ1) is 6.70. The van der Waals surface area contributed by atoms with Crippen LogP contribution < -0.4 is 5.32 Å². The monoisotopic (exact) mass is 207 g/mol. The lowest BCUT2D eigenvalue weighted by Crippen LogP contribution is -2.00. The second-order valence-corrected chi connectivity index (χ2v) is 3.60. The zero-order valence-electron chi connectivity index (χ0n) is 7.64. The Bertz CT molecular complexity index is 412. The number of hydrogen-bond acceptors (Lipinski definition) is 2. The molecule has 0 bridgehead atoms. The standard InChI is InChI=1S/C11H10ClNO/c1-7-4-9-5-8(11(14)6-12)2-3-10(9)13-7/h2-3,5,13H,1,4,6H2. The average Bonchev–Trinajstić information content (AvgIpc) is 2.55. The van der Waals surface area contributed by atoms with Crippen LogP contribution in [0.2, 0.25) is 0 Å². The lowest BCUT2D eigenvalue weighted by molar-refractivity contribution is 0.102. The highest BCUT2D eigenvalue weighted by Gasteiger charge is 2.14. The van der Waals surface area contributed by atoms with Crippen molar-refractivity contribution in [2.45, 2.75) is 6.42 Å². The molecule has 0 spiro atoms. The Morgan fingerprint density at radius 3 is 3.07 bits per heavy atom. The van der Waals surface area contributed by atoms with Gasteiger partial charge in [-0.1, -0.05) is 6.58 Å². The predicted molar refractivity (Wildman–Crippen MR) is 58.0 cm³/mol. The number of rotatable bonds is 2. The number of carbonyl (C=O) groups is 1. The second kappa shape index (κ2) is 3.46. The van der Waals surface area contributed by atoms with E-state index >= 15 is 0 Å². The van der Waals surface area contributed by atoms with E-state index in [0.29, 0.717) is 5.56 Å². The van der Waals surface area contributed by atoms with Gasteiger partial charge in [0.05, 0.1) is 5.88 Å². The van der Waals surface area contributed by atoms with E-state index < -0.39 is 0 Å². The van der Waals surface area contributed by atoms with Crippen molar-refractivity contribution >= 4 is 23.1 Å². The maximum Gasteiger partial charge on any atom is 0.177 e. The van der Waals surface area contributed by atoms with Gasteiger partial charge in [-0.05, 0) is 23.8 Å². The third-order valence-corrected chi connectivity index (χ3v) is 2.51. The molecule has 1 aromatic carbocycles. The molecular weight excluding hydrogens is 198 g/mol. The number of Topliss-reactive ketones (excluding diaryl/α,β-unsaturated/α-hetero) is 1. The van der Waals surface area contributed by atoms with E-state index in [1.165, 1.54) is 0 Å². The SMILES string of the molecule is C=C1Cc2cc(C(=O)CCl)ccc2N1. The number of carbonyl (C=O) groups excluding carboxylic acids is 1. The molecule has 1 aromatic rings. The first-order valence-electron chi connectivity index (χ1n) is 4.37. The van der Waals surface area contributed by atoms with E-state index in [9.17, 15) is 4.79 Å². The van der Waals surface area contributed by atoms with Crippen molar-refractivity contribution in [1.82, 2.24) is 0 Å². The fourth-order valence-corrected chi connectivity index (χ4v) is 1.73. The second-order valence-electron chi connectivity index (χ2n) is 3.33. The van der Waals surface area contributed by atoms with Gasteiger partial charge >= 0.3 is 0 Å². The Morgan fingerprint density at radius 2 is 2.36 bits per heavy atom. The quantitative estimate of drug-likeness (QED) is 0.597. The fourth-order valence-electron chi connectivity index (χ4n) is 1.58. The third-order valence-electron chi connectivity index (χ3n) is 2.26. The summed E-state index contributed by atoms with van der Waals surface area (Å²) < 4.78 is 0. The van der Waals surface area contributed by atoms with E-state index in [4.69, 9.17) is 11.6 Å². The predicted octanol–water partition coefficient (Wildman–Crippen LogP) is 2.59. The number of halogens is 1. The first-order valence-corrected chi connectivity index (χ1v) is 4.91. The Morgan fingerprint density at radius 1 is 1.57 bits per heavy atom. The molecule has 0 amide bonds. The van der Waals surface area contributed by atoms with Crippen LogP contribution in [0.25, 0.3) is 0 Å². The van der Waals surface area contributed by atoms with Crippen LogP contribution in [0.3, 0.4) is 0 Å². The van der Waals surface area contributed by atoms with Gasteiger partial charge in [-0.15, -0.1) is 11.6 Å². The van der Waals surface area contributed by atoms with Crippen LogP contribution in [-0.2, 0) is 6.42 Å². The molecule has 1 heterocycles. The molecule has 0 aliphatic carbocycles. The van der Waals surface area contributed by atoms with Crippen molar-refractivity contribution in [2.24, 2.45) is 0 Å². The molecule has 0 saturated heterocycles. The summed E-state index contributed by atoms with van der Waals surface area (Å²) in [6, 6.07) is 5.56. The van der Waals surface area contributed by atoms with Gasteiger partial charge in [0.1, 0.15) is 0 Å². The molecule has 2 rings (SSSR count). The van der Waals surface area contributed by atoms with E-state index in [1.54, 1.807) is 6.07 Å². The van der Waals surface area contributed by atoms with Gasteiger partial charge < -0.3 is 5.32 Å². The maximum atomic E-state index is 11.3. The Labute approximate surface area is 87.6 Å². The van der Waals surface area contributed by atoms with Gasteiger partial charge in [0.15, 0.2) is 5.78 Å². The first kappa shape index (κ1) is 9.28. The van der Waals surface area contributed by atoms with Crippen LogP contribution >= 0.6 is 11.6 Å². The van der Waals surface area contributed by atoms with Gasteiger partial charge in [0.25, 0.3) is 0 Å². The highest BCUT2D eigenvalue weighted by atomic mass is 35.5. The van der Waals surface area contributed by atoms with Crippen molar-refractivity contribution in [1.29, 1.82) is 0 Å². The molecule has 1 aliphatic heterocycles. The molecule has 0 unspecified atom stereocenters. The Balaban J connectivity index is 2.37. The minimum atomic E-state index is -0.0352. The van der Waals surface area contributed by atoms with Crippen molar-refractivity contribution in [3.63, 3.8) is 0 Å². The summed E-state index contributed by atoms with van der Waals surface area (Å²) in [6.07, 6.45) is 0.790. The molecule has 1 N–H and O–H groups in total. The molecule has 0 aromatic heterocycles. The Kier molecular flexibility index (Phi) is 2.30. The number of fused-ring (bicyclic) bond motifs is 1. The van der Waals surface area contributed by atoms with E-state index in [-0.39, 0.29) is 11.7 Å². The highest BCUT2D eigenvalue weighted by molar-refractivity contribution is 6.30. The van der Waals surface area contributed by atoms with Crippen LogP contribution in [0.15, 0.2) is 30.5 Å². The molecule has 14 heavy (non-hydrogen) atoms. The summed E-state index contributed by atoms with van der Waals surface area (Å²) in [5.41, 5.74) is 3.80. The molecule has 0 saturated carbocycles. The van der Waals surface area contributed by atoms with Gasteiger partial charge in [-0.25, -0.2) is 0 Å². The summed E-state index contributed by atoms with van der Waals surface area (Å²) in [6.45, 7) is 3.84. The fraction of sp³-hybridized carbons (Fsp3) is 0.182. The van der Waals surface area contributed by atoms with Crippen molar-refractivity contribution < 1.29 is 4.79 Å². The number of ketones is 1. The van der Waals surface area contributed by atoms with Crippen LogP contribution in [0.1, 0.15) is 15.9 Å². The van der Waals surface area contributed by atoms with Gasteiger partial charge in [0.2, 0.25) is 0 Å². The van der Waals surface area contributed by atoms with E-state index in [0.717, 1.165) is 23.4 Å². The topological polar surface area (TPSA) is 29.1 Å². The van der Waals surface area contributed by atoms with Crippen molar-refractivity contribution in [2.75, 3.05) is 11.2 Å². The zero-order chi connectivity index (χ0) is 10.1. The molecule has 72 valence electrons. The van der Waals surface area contributed by atoms with E-state index in [1.807, 2.05) is 12.1 Å². The number of anilines is 1. The number of alkyl halides is 1. The number of hydrogen-bond donors (Lipinski definition) is 1. The van der Waals surface area contributed by atoms with Gasteiger partial charge in [0, 0.05) is 23.4 Å². The molecule has 0 atom stereocenters. The number of allylic oxidation sites excluding steroid dienone is 1. The maximum absolute atomic E-state index is 11.3. The number of benzene rings is 1. The summed E-state index contributed by atoms with van der Waals surface area (Å²) in [4.78, 5) is 11.3. The van der Waals surface area contributed by atoms with Crippen LogP contribution in [0.5, 0.6) is 0 Å². The lowest BCUT2D eigenvalue weighted by Gasteiger charge is -2.01. The molecule has 1 aliphatic rings. The largest absolute Gasteiger partial charge is 0.359 e. The Hall–Kier alpha value is -1.28. The molecular formula is C11H10ClNO. The molecule has 0 fully saturated rings. The normalized spacial score (nSPS) is 13.6. The summed E-state index contributed by atoms with van der Waals surface area (Å²) in [5.74, 6) is -0.000322. The van der Waals surface area contributed by atoms with Gasteiger partial charge in [-0.2, -0.15) is 0 Å². The summed E-state index contributed by atoms with van der Waals surface area (Å²) in [5, 5.41) is 3.14. The smallest absolute Gasteiger partial charge is 0.177 e. The van der Waals surface area contributed by atoms with Crippen LogP contribution in [0, 0.1) is 0 Å². The average molecular weight is 208 g/mol.